The normalized spacial score (nSPS) is 11.6. The first kappa shape index (κ1) is 15.1. The molecule has 0 amide bonds. The van der Waals surface area contributed by atoms with Crippen molar-refractivity contribution < 1.29 is 15.0 Å². The van der Waals surface area contributed by atoms with Crippen LogP contribution in [0.4, 0.5) is 0 Å². The highest BCUT2D eigenvalue weighted by Crippen LogP contribution is 1.81. The van der Waals surface area contributed by atoms with Crippen LogP contribution in [0.3, 0.4) is 0 Å². The first-order valence-corrected chi connectivity index (χ1v) is 4.65. The standard InChI is InChI=1S/C5H4N2O4.C4H11NO/c8-3-1-2(4(9)10)6-5(11)7-3;1-4(6)5(2)3/h1H,(H,9,10)(H2,6,7,8,11);4,6H,1-3H3. The number of aromatic amines is 2. The van der Waals surface area contributed by atoms with E-state index < -0.39 is 22.9 Å². The molecule has 0 aliphatic carbocycles. The Kier molecular flexibility index (Phi) is 5.86. The van der Waals surface area contributed by atoms with Crippen LogP contribution in [0.2, 0.25) is 0 Å². The molecule has 0 radical (unpaired) electrons. The van der Waals surface area contributed by atoms with E-state index in [1.165, 1.54) is 0 Å². The van der Waals surface area contributed by atoms with Crippen LogP contribution in [-0.4, -0.2) is 51.4 Å². The molecule has 1 atom stereocenters. The topological polar surface area (TPSA) is 126 Å². The second-order valence-electron chi connectivity index (χ2n) is 3.40. The number of nitrogens with one attached hydrogen (secondary N) is 2. The summed E-state index contributed by atoms with van der Waals surface area (Å²) in [6, 6.07) is 0.795. The van der Waals surface area contributed by atoms with Crippen molar-refractivity contribution in [3.63, 3.8) is 0 Å². The molecule has 8 nitrogen and oxygen atoms in total. The van der Waals surface area contributed by atoms with E-state index in [1.807, 2.05) is 24.1 Å². The Hall–Kier alpha value is -1.93. The van der Waals surface area contributed by atoms with Crippen molar-refractivity contribution in [2.45, 2.75) is 13.2 Å². The summed E-state index contributed by atoms with van der Waals surface area (Å²) < 4.78 is 0. The van der Waals surface area contributed by atoms with Gasteiger partial charge in [-0.3, -0.25) is 14.7 Å². The first-order chi connectivity index (χ1) is 7.73. The Morgan fingerprint density at radius 3 is 2.12 bits per heavy atom. The van der Waals surface area contributed by atoms with Gasteiger partial charge in [-0.05, 0) is 21.0 Å². The molecule has 1 rings (SSSR count). The molecule has 0 aromatic carbocycles. The first-order valence-electron chi connectivity index (χ1n) is 4.65. The molecular formula is C9H15N3O5. The minimum absolute atomic E-state index is 0.315. The van der Waals surface area contributed by atoms with Crippen molar-refractivity contribution in [2.24, 2.45) is 0 Å². The van der Waals surface area contributed by atoms with Crippen LogP contribution in [0, 0.1) is 0 Å². The zero-order chi connectivity index (χ0) is 13.6. The van der Waals surface area contributed by atoms with E-state index in [4.69, 9.17) is 10.2 Å². The third kappa shape index (κ3) is 6.28. The van der Waals surface area contributed by atoms with E-state index in [1.54, 1.807) is 11.8 Å². The van der Waals surface area contributed by atoms with Gasteiger partial charge in [0.05, 0.1) is 0 Å². The molecule has 1 aromatic heterocycles. The maximum atomic E-state index is 10.5. The number of hydrogen-bond donors (Lipinski definition) is 4. The number of nitrogens with zero attached hydrogens (tertiary/aromatic N) is 1. The summed E-state index contributed by atoms with van der Waals surface area (Å²) in [6.45, 7) is 1.72. The highest BCUT2D eigenvalue weighted by atomic mass is 16.4. The SMILES string of the molecule is CC(O)N(C)C.O=C(O)c1cc(=O)[nH]c(=O)[nH]1. The molecule has 0 aliphatic heterocycles. The number of carboxylic acids is 1. The van der Waals surface area contributed by atoms with E-state index >= 15 is 0 Å². The van der Waals surface area contributed by atoms with E-state index in [-0.39, 0.29) is 6.23 Å². The van der Waals surface area contributed by atoms with Gasteiger partial charge in [-0.1, -0.05) is 0 Å². The summed E-state index contributed by atoms with van der Waals surface area (Å²) in [5, 5.41) is 16.9. The monoisotopic (exact) mass is 245 g/mol. The van der Waals surface area contributed by atoms with E-state index in [9.17, 15) is 14.4 Å². The number of H-pyrrole nitrogens is 2. The molecular weight excluding hydrogens is 230 g/mol. The van der Waals surface area contributed by atoms with Gasteiger partial charge in [0.25, 0.3) is 5.56 Å². The maximum absolute atomic E-state index is 10.5. The van der Waals surface area contributed by atoms with Gasteiger partial charge in [0.15, 0.2) is 0 Å². The average molecular weight is 245 g/mol. The van der Waals surface area contributed by atoms with Crippen LogP contribution in [-0.2, 0) is 0 Å². The number of aromatic carboxylic acids is 1. The van der Waals surface area contributed by atoms with Gasteiger partial charge >= 0.3 is 11.7 Å². The fourth-order valence-electron chi connectivity index (χ4n) is 0.584. The molecule has 1 heterocycles. The van der Waals surface area contributed by atoms with E-state index in [0.29, 0.717) is 0 Å². The fourth-order valence-corrected chi connectivity index (χ4v) is 0.584. The maximum Gasteiger partial charge on any atom is 0.352 e. The average Bonchev–Trinajstić information content (AvgIpc) is 2.16. The molecule has 0 fully saturated rings. The van der Waals surface area contributed by atoms with Crippen LogP contribution in [0.25, 0.3) is 0 Å². The molecule has 0 saturated carbocycles. The minimum atomic E-state index is -1.34. The molecule has 0 spiro atoms. The smallest absolute Gasteiger partial charge is 0.352 e. The van der Waals surface area contributed by atoms with Gasteiger partial charge in [0.2, 0.25) is 0 Å². The van der Waals surface area contributed by atoms with Gasteiger partial charge in [-0.15, -0.1) is 0 Å². The second-order valence-corrected chi connectivity index (χ2v) is 3.40. The van der Waals surface area contributed by atoms with Gasteiger partial charge < -0.3 is 15.2 Å². The van der Waals surface area contributed by atoms with Crippen LogP contribution < -0.4 is 11.2 Å². The third-order valence-electron chi connectivity index (χ3n) is 1.74. The molecule has 0 saturated heterocycles. The second kappa shape index (κ2) is 6.61. The van der Waals surface area contributed by atoms with Crippen molar-refractivity contribution >= 4 is 5.97 Å². The van der Waals surface area contributed by atoms with Crippen molar-refractivity contribution in [1.82, 2.24) is 14.9 Å². The molecule has 4 N–H and O–H groups in total. The lowest BCUT2D eigenvalue weighted by Gasteiger charge is -2.11. The summed E-state index contributed by atoms with van der Waals surface area (Å²) in [5.41, 5.74) is -1.97. The molecule has 1 aromatic rings. The molecule has 0 aliphatic rings. The number of carbonyl (C=O) groups is 1. The number of rotatable bonds is 2. The zero-order valence-corrected chi connectivity index (χ0v) is 9.72. The van der Waals surface area contributed by atoms with Crippen LogP contribution in [0.1, 0.15) is 17.4 Å². The number of aromatic nitrogens is 2. The van der Waals surface area contributed by atoms with Crippen molar-refractivity contribution in [3.05, 3.63) is 32.6 Å². The van der Waals surface area contributed by atoms with Crippen LogP contribution in [0.5, 0.6) is 0 Å². The summed E-state index contributed by atoms with van der Waals surface area (Å²) >= 11 is 0. The number of carboxylic acid groups (broad SMARTS) is 1. The Bertz CT molecular complexity index is 440. The van der Waals surface area contributed by atoms with Gasteiger partial charge in [-0.25, -0.2) is 9.59 Å². The lowest BCUT2D eigenvalue weighted by Crippen LogP contribution is -2.24. The molecule has 17 heavy (non-hydrogen) atoms. The van der Waals surface area contributed by atoms with E-state index in [2.05, 4.69) is 0 Å². The molecule has 96 valence electrons. The van der Waals surface area contributed by atoms with Crippen molar-refractivity contribution in [1.29, 1.82) is 0 Å². The molecule has 8 heteroatoms. The van der Waals surface area contributed by atoms with Crippen molar-refractivity contribution in [2.75, 3.05) is 14.1 Å². The third-order valence-corrected chi connectivity index (χ3v) is 1.74. The van der Waals surface area contributed by atoms with E-state index in [0.717, 1.165) is 6.07 Å². The van der Waals surface area contributed by atoms with Crippen LogP contribution >= 0.6 is 0 Å². The fraction of sp³-hybridized carbons (Fsp3) is 0.444. The zero-order valence-electron chi connectivity index (χ0n) is 9.72. The van der Waals surface area contributed by atoms with Crippen LogP contribution in [0.15, 0.2) is 15.7 Å². The lowest BCUT2D eigenvalue weighted by atomic mass is 10.4. The Morgan fingerprint density at radius 1 is 1.35 bits per heavy atom. The number of hydrogen-bond acceptors (Lipinski definition) is 5. The summed E-state index contributed by atoms with van der Waals surface area (Å²) in [6.07, 6.45) is -0.315. The van der Waals surface area contributed by atoms with Crippen molar-refractivity contribution in [3.8, 4) is 0 Å². The Balaban J connectivity index is 0.000000366. The highest BCUT2D eigenvalue weighted by molar-refractivity contribution is 5.84. The largest absolute Gasteiger partial charge is 0.477 e. The summed E-state index contributed by atoms with van der Waals surface area (Å²) in [7, 11) is 3.65. The Morgan fingerprint density at radius 2 is 1.82 bits per heavy atom. The number of aliphatic hydroxyl groups is 1. The Labute approximate surface area is 96.5 Å². The highest BCUT2D eigenvalue weighted by Gasteiger charge is 2.03. The summed E-state index contributed by atoms with van der Waals surface area (Å²) in [4.78, 5) is 36.6. The predicted molar refractivity (Wildman–Crippen MR) is 60.0 cm³/mol. The van der Waals surface area contributed by atoms with Gasteiger partial charge in [-0.2, -0.15) is 0 Å². The minimum Gasteiger partial charge on any atom is -0.477 e. The van der Waals surface area contributed by atoms with Gasteiger partial charge in [0.1, 0.15) is 11.9 Å². The molecule has 0 bridgehead atoms. The predicted octanol–water partition coefficient (Wildman–Crippen LogP) is -1.35. The number of aliphatic hydroxyl groups excluding tert-OH is 1. The summed E-state index contributed by atoms with van der Waals surface area (Å²) in [5.74, 6) is -1.34. The quantitative estimate of drug-likeness (QED) is 0.477. The molecule has 1 unspecified atom stereocenters. The van der Waals surface area contributed by atoms with Gasteiger partial charge in [0, 0.05) is 6.07 Å². The lowest BCUT2D eigenvalue weighted by molar-refractivity contribution is 0.0578.